The molecule has 4 aromatic rings. The molecule has 0 unspecified atom stereocenters. The molecule has 2 aromatic heterocycles. The van der Waals surface area contributed by atoms with Gasteiger partial charge in [-0.15, -0.1) is 0 Å². The van der Waals surface area contributed by atoms with E-state index in [1.54, 1.807) is 17.2 Å². The highest BCUT2D eigenvalue weighted by molar-refractivity contribution is 6.03. The lowest BCUT2D eigenvalue weighted by Crippen LogP contribution is -2.39. The van der Waals surface area contributed by atoms with E-state index in [9.17, 15) is 9.59 Å². The Morgan fingerprint density at radius 2 is 1.71 bits per heavy atom. The molecule has 0 aliphatic heterocycles. The molecule has 238 valence electrons. The highest BCUT2D eigenvalue weighted by Gasteiger charge is 2.24. The number of carbonyl (C=O) groups excluding carboxylic acids is 1. The summed E-state index contributed by atoms with van der Waals surface area (Å²) in [6, 6.07) is 17.9. The van der Waals surface area contributed by atoms with E-state index in [0.717, 1.165) is 58.5 Å². The van der Waals surface area contributed by atoms with Gasteiger partial charge in [-0.25, -0.2) is 9.78 Å². The van der Waals surface area contributed by atoms with Crippen molar-refractivity contribution < 1.29 is 9.53 Å². The van der Waals surface area contributed by atoms with Crippen LogP contribution in [0.3, 0.4) is 0 Å². The number of unbranched alkanes of at least 4 members (excludes halogenated alkanes) is 1. The van der Waals surface area contributed by atoms with E-state index in [4.69, 9.17) is 4.74 Å². The Bertz CT molecular complexity index is 1640. The van der Waals surface area contributed by atoms with Crippen LogP contribution in [-0.4, -0.2) is 29.2 Å². The number of carbonyl (C=O) groups is 1. The molecule has 0 radical (unpaired) electrons. The van der Waals surface area contributed by atoms with Crippen LogP contribution in [0.15, 0.2) is 65.6 Å². The van der Waals surface area contributed by atoms with Gasteiger partial charge in [0.15, 0.2) is 0 Å². The predicted octanol–water partition coefficient (Wildman–Crippen LogP) is 9.63. The lowest BCUT2D eigenvalue weighted by atomic mass is 9.88. The first-order valence-corrected chi connectivity index (χ1v) is 16.7. The summed E-state index contributed by atoms with van der Waals surface area (Å²) in [5.74, 6) is 1.85. The molecule has 0 bridgehead atoms. The zero-order valence-corrected chi connectivity index (χ0v) is 27.5. The summed E-state index contributed by atoms with van der Waals surface area (Å²) in [5.41, 5.74) is 5.63. The van der Waals surface area contributed by atoms with Gasteiger partial charge in [-0.1, -0.05) is 72.4 Å². The highest BCUT2D eigenvalue weighted by Crippen LogP contribution is 2.38. The second-order valence-corrected chi connectivity index (χ2v) is 13.0. The van der Waals surface area contributed by atoms with E-state index in [-0.39, 0.29) is 23.4 Å². The lowest BCUT2D eigenvalue weighted by molar-refractivity contribution is 0.209. The summed E-state index contributed by atoms with van der Waals surface area (Å²) in [4.78, 5) is 36.0. The third kappa shape index (κ3) is 7.75. The molecular formula is C38H48N4O3. The molecule has 1 saturated carbocycles. The van der Waals surface area contributed by atoms with E-state index in [1.165, 1.54) is 32.1 Å². The summed E-state index contributed by atoms with van der Waals surface area (Å²) in [6.07, 6.45) is 9.77. The first-order chi connectivity index (χ1) is 21.7. The second-order valence-electron chi connectivity index (χ2n) is 13.0. The minimum Gasteiger partial charge on any atom is -0.493 e. The summed E-state index contributed by atoms with van der Waals surface area (Å²) in [5, 5.41) is 4.04. The van der Waals surface area contributed by atoms with Gasteiger partial charge in [-0.3, -0.25) is 9.69 Å². The van der Waals surface area contributed by atoms with E-state index < -0.39 is 0 Å². The Kier molecular flexibility index (Phi) is 10.6. The van der Waals surface area contributed by atoms with E-state index in [1.807, 2.05) is 18.2 Å². The van der Waals surface area contributed by atoms with Gasteiger partial charge in [0.2, 0.25) is 0 Å². The Balaban J connectivity index is 1.47. The summed E-state index contributed by atoms with van der Waals surface area (Å²) < 4.78 is 6.28. The van der Waals surface area contributed by atoms with Crippen LogP contribution >= 0.6 is 0 Å². The molecule has 7 heteroatoms. The standard InChI is InChI=1S/C38H48N4O3/c1-6-7-19-42(34-23-29-16-12-18-39-36(29)41-37(34)43)38(44)40-35-32(25(2)3)21-30(22-33(35)26(4)5)28-15-11-17-31(20-28)45-24-27-13-9-8-10-14-27/h11-12,15-18,20-23,25-27H,6-10,13-14,19,24H2,1-5H3,(H,40,44)(H,39,41,43). The largest absolute Gasteiger partial charge is 0.493 e. The molecule has 2 aromatic carbocycles. The van der Waals surface area contributed by atoms with Crippen LogP contribution in [0.25, 0.3) is 22.2 Å². The number of aromatic nitrogens is 2. The van der Waals surface area contributed by atoms with Crippen molar-refractivity contribution in [2.24, 2.45) is 5.92 Å². The van der Waals surface area contributed by atoms with Gasteiger partial charge in [-0.2, -0.15) is 0 Å². The minimum absolute atomic E-state index is 0.155. The van der Waals surface area contributed by atoms with Crippen molar-refractivity contribution in [3.05, 3.63) is 82.3 Å². The smallest absolute Gasteiger partial charge is 0.326 e. The van der Waals surface area contributed by atoms with Crippen LogP contribution in [0.1, 0.15) is 103 Å². The summed E-state index contributed by atoms with van der Waals surface area (Å²) in [6.45, 7) is 11.9. The number of urea groups is 1. The Morgan fingerprint density at radius 3 is 2.40 bits per heavy atom. The summed E-state index contributed by atoms with van der Waals surface area (Å²) >= 11 is 0. The fourth-order valence-corrected chi connectivity index (χ4v) is 6.29. The molecule has 5 rings (SSSR count). The van der Waals surface area contributed by atoms with Crippen LogP contribution in [0.4, 0.5) is 16.2 Å². The van der Waals surface area contributed by atoms with Gasteiger partial charge in [0.25, 0.3) is 5.56 Å². The van der Waals surface area contributed by atoms with Crippen molar-refractivity contribution in [3.8, 4) is 16.9 Å². The lowest BCUT2D eigenvalue weighted by Gasteiger charge is -2.27. The maximum absolute atomic E-state index is 14.1. The molecule has 1 aliphatic carbocycles. The number of nitrogens with zero attached hydrogens (tertiary/aromatic N) is 2. The van der Waals surface area contributed by atoms with Gasteiger partial charge in [0.05, 0.1) is 6.61 Å². The number of aromatic amines is 1. The maximum atomic E-state index is 14.1. The molecule has 1 aliphatic rings. The van der Waals surface area contributed by atoms with E-state index >= 15 is 0 Å². The number of H-pyrrole nitrogens is 1. The number of ether oxygens (including phenoxy) is 1. The molecular weight excluding hydrogens is 560 g/mol. The number of pyridine rings is 2. The third-order valence-electron chi connectivity index (χ3n) is 8.92. The van der Waals surface area contributed by atoms with Crippen LogP contribution in [0.5, 0.6) is 5.75 Å². The zero-order valence-electron chi connectivity index (χ0n) is 27.5. The molecule has 7 nitrogen and oxygen atoms in total. The van der Waals surface area contributed by atoms with Crippen molar-refractivity contribution >= 4 is 28.4 Å². The first kappa shape index (κ1) is 32.3. The van der Waals surface area contributed by atoms with Crippen molar-refractivity contribution in [1.82, 2.24) is 9.97 Å². The SMILES string of the molecule is CCCCN(C(=O)Nc1c(C(C)C)cc(-c2cccc(OCC3CCCCC3)c2)cc1C(C)C)c1cc2cccnc2[nH]c1=O. The number of nitrogens with one attached hydrogen (secondary N) is 2. The molecule has 1 fully saturated rings. The molecule has 0 saturated heterocycles. The fraction of sp³-hybridized carbons (Fsp3) is 0.447. The average Bonchev–Trinajstić information content (AvgIpc) is 3.04. The molecule has 2 N–H and O–H groups in total. The number of fused-ring (bicyclic) bond motifs is 1. The molecule has 2 heterocycles. The number of benzene rings is 2. The molecule has 0 atom stereocenters. The maximum Gasteiger partial charge on any atom is 0.326 e. The number of anilines is 2. The van der Waals surface area contributed by atoms with Gasteiger partial charge in [-0.05, 0) is 102 Å². The van der Waals surface area contributed by atoms with Crippen LogP contribution < -0.4 is 20.5 Å². The topological polar surface area (TPSA) is 87.3 Å². The van der Waals surface area contributed by atoms with Gasteiger partial charge in [0, 0.05) is 23.8 Å². The number of hydrogen-bond donors (Lipinski definition) is 2. The van der Waals surface area contributed by atoms with Crippen LogP contribution in [-0.2, 0) is 0 Å². The second kappa shape index (κ2) is 14.8. The number of amides is 2. The number of hydrogen-bond acceptors (Lipinski definition) is 4. The summed E-state index contributed by atoms with van der Waals surface area (Å²) in [7, 11) is 0. The van der Waals surface area contributed by atoms with Crippen molar-refractivity contribution in [2.75, 3.05) is 23.4 Å². The van der Waals surface area contributed by atoms with Crippen molar-refractivity contribution in [3.63, 3.8) is 0 Å². The number of rotatable bonds is 11. The highest BCUT2D eigenvalue weighted by atomic mass is 16.5. The van der Waals surface area contributed by atoms with Crippen LogP contribution in [0, 0.1) is 5.92 Å². The van der Waals surface area contributed by atoms with Crippen molar-refractivity contribution in [2.45, 2.75) is 91.4 Å². The molecule has 0 spiro atoms. The zero-order chi connectivity index (χ0) is 31.9. The van der Waals surface area contributed by atoms with Gasteiger partial charge < -0.3 is 15.0 Å². The Labute approximate surface area is 267 Å². The monoisotopic (exact) mass is 608 g/mol. The van der Waals surface area contributed by atoms with Gasteiger partial charge in [0.1, 0.15) is 17.1 Å². The van der Waals surface area contributed by atoms with Gasteiger partial charge >= 0.3 is 6.03 Å². The average molecular weight is 609 g/mol. The third-order valence-corrected chi connectivity index (χ3v) is 8.92. The minimum atomic E-state index is -0.332. The predicted molar refractivity (Wildman–Crippen MR) is 186 cm³/mol. The molecule has 2 amide bonds. The van der Waals surface area contributed by atoms with Crippen molar-refractivity contribution in [1.29, 1.82) is 0 Å². The van der Waals surface area contributed by atoms with E-state index in [2.05, 4.69) is 80.2 Å². The fourth-order valence-electron chi connectivity index (χ4n) is 6.29. The Morgan fingerprint density at radius 1 is 0.978 bits per heavy atom. The quantitative estimate of drug-likeness (QED) is 0.177. The Hall–Kier alpha value is -4.13. The normalized spacial score (nSPS) is 13.8. The molecule has 45 heavy (non-hydrogen) atoms. The van der Waals surface area contributed by atoms with Crippen LogP contribution in [0.2, 0.25) is 0 Å². The first-order valence-electron chi connectivity index (χ1n) is 16.7. The van der Waals surface area contributed by atoms with E-state index in [0.29, 0.717) is 23.8 Å².